The van der Waals surface area contributed by atoms with Gasteiger partial charge >= 0.3 is 0 Å². The van der Waals surface area contributed by atoms with Crippen molar-refractivity contribution in [2.45, 2.75) is 37.6 Å². The van der Waals surface area contributed by atoms with E-state index in [0.29, 0.717) is 6.42 Å². The number of alkyl halides is 1. The Labute approximate surface area is 110 Å². The Bertz CT molecular complexity index is 524. The van der Waals surface area contributed by atoms with Gasteiger partial charge in [0, 0.05) is 16.6 Å². The zero-order valence-electron chi connectivity index (χ0n) is 10.1. The highest BCUT2D eigenvalue weighted by Gasteiger charge is 2.41. The van der Waals surface area contributed by atoms with Crippen molar-refractivity contribution in [2.24, 2.45) is 0 Å². The molecule has 0 spiro atoms. The van der Waals surface area contributed by atoms with Gasteiger partial charge in [-0.05, 0) is 19.8 Å². The fourth-order valence-corrected chi connectivity index (χ4v) is 5.10. The van der Waals surface area contributed by atoms with Crippen molar-refractivity contribution in [1.82, 2.24) is 9.78 Å². The van der Waals surface area contributed by atoms with Crippen LogP contribution in [0.25, 0.3) is 0 Å². The third-order valence-corrected chi connectivity index (χ3v) is 5.92. The largest absolute Gasteiger partial charge is 0.262 e. The highest BCUT2D eigenvalue weighted by molar-refractivity contribution is 9.08. The Balaban J connectivity index is 2.44. The fourth-order valence-electron chi connectivity index (χ4n) is 2.52. The van der Waals surface area contributed by atoms with Gasteiger partial charge in [-0.3, -0.25) is 4.68 Å². The third kappa shape index (κ3) is 2.29. The fraction of sp³-hybridized carbons (Fsp3) is 0.727. The van der Waals surface area contributed by atoms with Crippen LogP contribution in [0.2, 0.25) is 0 Å². The molecule has 1 aromatic heterocycles. The highest BCUT2D eigenvalue weighted by atomic mass is 79.9. The van der Waals surface area contributed by atoms with E-state index in [1.54, 1.807) is 0 Å². The average Bonchev–Trinajstić information content (AvgIpc) is 2.79. The number of hydrogen-bond acceptors (Lipinski definition) is 3. The van der Waals surface area contributed by atoms with Crippen molar-refractivity contribution in [3.63, 3.8) is 0 Å². The first kappa shape index (κ1) is 13.1. The van der Waals surface area contributed by atoms with Crippen LogP contribution in [0.5, 0.6) is 0 Å². The van der Waals surface area contributed by atoms with Crippen LogP contribution >= 0.6 is 15.9 Å². The Hall–Kier alpha value is -0.360. The SMILES string of the molecule is CCc1c(CBr)cnn1C1(C)CCS(=O)(=O)C1. The van der Waals surface area contributed by atoms with E-state index < -0.39 is 9.84 Å². The van der Waals surface area contributed by atoms with E-state index in [-0.39, 0.29) is 17.0 Å². The summed E-state index contributed by atoms with van der Waals surface area (Å²) in [7, 11) is -2.90. The minimum absolute atomic E-state index is 0.205. The molecule has 6 heteroatoms. The summed E-state index contributed by atoms with van der Waals surface area (Å²) in [5.41, 5.74) is 1.92. The minimum Gasteiger partial charge on any atom is -0.262 e. The van der Waals surface area contributed by atoms with Gasteiger partial charge in [-0.1, -0.05) is 22.9 Å². The normalized spacial score (nSPS) is 27.5. The second kappa shape index (κ2) is 4.39. The van der Waals surface area contributed by atoms with E-state index in [1.807, 2.05) is 17.8 Å². The Morgan fingerprint density at radius 3 is 2.76 bits per heavy atom. The summed E-state index contributed by atoms with van der Waals surface area (Å²) >= 11 is 3.44. The van der Waals surface area contributed by atoms with Crippen LogP contribution in [0.1, 0.15) is 31.5 Å². The number of hydrogen-bond donors (Lipinski definition) is 0. The maximum absolute atomic E-state index is 11.6. The molecule has 4 nitrogen and oxygen atoms in total. The zero-order chi connectivity index (χ0) is 12.7. The van der Waals surface area contributed by atoms with Gasteiger partial charge in [0.1, 0.15) is 0 Å². The summed E-state index contributed by atoms with van der Waals surface area (Å²) < 4.78 is 25.2. The van der Waals surface area contributed by atoms with Crippen molar-refractivity contribution in [3.8, 4) is 0 Å². The van der Waals surface area contributed by atoms with E-state index in [0.717, 1.165) is 23.0 Å². The predicted octanol–water partition coefficient (Wildman–Crippen LogP) is 1.87. The van der Waals surface area contributed by atoms with Crippen LogP contribution in [0, 0.1) is 0 Å². The molecule has 17 heavy (non-hydrogen) atoms. The molecule has 2 heterocycles. The number of nitrogens with zero attached hydrogens (tertiary/aromatic N) is 2. The van der Waals surface area contributed by atoms with E-state index in [2.05, 4.69) is 28.0 Å². The molecule has 96 valence electrons. The molecular weight excluding hydrogens is 304 g/mol. The molecule has 1 aromatic rings. The van der Waals surface area contributed by atoms with Crippen molar-refractivity contribution in [2.75, 3.05) is 11.5 Å². The molecule has 1 aliphatic rings. The van der Waals surface area contributed by atoms with Gasteiger partial charge in [-0.2, -0.15) is 5.10 Å². The number of rotatable bonds is 3. The van der Waals surface area contributed by atoms with Crippen LogP contribution < -0.4 is 0 Å². The van der Waals surface area contributed by atoms with Crippen molar-refractivity contribution in [3.05, 3.63) is 17.5 Å². The maximum atomic E-state index is 11.6. The molecule has 0 aromatic carbocycles. The van der Waals surface area contributed by atoms with Crippen LogP contribution in [0.4, 0.5) is 0 Å². The van der Waals surface area contributed by atoms with Gasteiger partial charge in [-0.15, -0.1) is 0 Å². The summed E-state index contributed by atoms with van der Waals surface area (Å²) in [6.45, 7) is 4.06. The van der Waals surface area contributed by atoms with E-state index in [9.17, 15) is 8.42 Å². The van der Waals surface area contributed by atoms with Gasteiger partial charge < -0.3 is 0 Å². The second-order valence-corrected chi connectivity index (χ2v) is 7.60. The maximum Gasteiger partial charge on any atom is 0.152 e. The molecule has 2 rings (SSSR count). The standard InChI is InChI=1S/C11H17BrN2O2S/c1-3-10-9(6-12)7-13-14(10)11(2)4-5-17(15,16)8-11/h7H,3-6,8H2,1-2H3. The third-order valence-electron chi connectivity index (χ3n) is 3.43. The first-order chi connectivity index (χ1) is 7.92. The van der Waals surface area contributed by atoms with Crippen LogP contribution in [-0.4, -0.2) is 29.7 Å². The smallest absolute Gasteiger partial charge is 0.152 e. The van der Waals surface area contributed by atoms with Crippen molar-refractivity contribution >= 4 is 25.8 Å². The molecule has 1 saturated heterocycles. The monoisotopic (exact) mass is 320 g/mol. The second-order valence-electron chi connectivity index (χ2n) is 4.85. The Kier molecular flexibility index (Phi) is 3.38. The molecule has 0 saturated carbocycles. The van der Waals surface area contributed by atoms with Gasteiger partial charge in [0.05, 0.1) is 23.2 Å². The molecule has 0 bridgehead atoms. The van der Waals surface area contributed by atoms with Gasteiger partial charge in [0.15, 0.2) is 9.84 Å². The van der Waals surface area contributed by atoms with Crippen LogP contribution in [0.15, 0.2) is 6.20 Å². The summed E-state index contributed by atoms with van der Waals surface area (Å²) in [6, 6.07) is 0. The lowest BCUT2D eigenvalue weighted by Gasteiger charge is -2.25. The Morgan fingerprint density at radius 2 is 2.29 bits per heavy atom. The summed E-state index contributed by atoms with van der Waals surface area (Å²) in [5, 5.41) is 5.16. The topological polar surface area (TPSA) is 52.0 Å². The number of aromatic nitrogens is 2. The predicted molar refractivity (Wildman–Crippen MR) is 71.2 cm³/mol. The molecule has 1 aliphatic heterocycles. The van der Waals surface area contributed by atoms with Crippen molar-refractivity contribution in [1.29, 1.82) is 0 Å². The highest BCUT2D eigenvalue weighted by Crippen LogP contribution is 2.32. The first-order valence-electron chi connectivity index (χ1n) is 5.74. The molecular formula is C11H17BrN2O2S. The molecule has 0 aliphatic carbocycles. The molecule has 1 atom stereocenters. The van der Waals surface area contributed by atoms with E-state index >= 15 is 0 Å². The lowest BCUT2D eigenvalue weighted by atomic mass is 10.0. The Morgan fingerprint density at radius 1 is 1.59 bits per heavy atom. The average molecular weight is 321 g/mol. The lowest BCUT2D eigenvalue weighted by molar-refractivity contribution is 0.318. The molecule has 1 fully saturated rings. The molecule has 0 amide bonds. The first-order valence-corrected chi connectivity index (χ1v) is 8.69. The molecule has 0 radical (unpaired) electrons. The van der Waals surface area contributed by atoms with Gasteiger partial charge in [-0.25, -0.2) is 8.42 Å². The minimum atomic E-state index is -2.90. The van der Waals surface area contributed by atoms with Gasteiger partial charge in [0.25, 0.3) is 0 Å². The van der Waals surface area contributed by atoms with Crippen LogP contribution in [-0.2, 0) is 27.1 Å². The van der Waals surface area contributed by atoms with Crippen molar-refractivity contribution < 1.29 is 8.42 Å². The number of halogens is 1. The number of sulfone groups is 1. The molecule has 0 N–H and O–H groups in total. The van der Waals surface area contributed by atoms with Gasteiger partial charge in [0.2, 0.25) is 0 Å². The zero-order valence-corrected chi connectivity index (χ0v) is 12.5. The summed E-state index contributed by atoms with van der Waals surface area (Å²) in [4.78, 5) is 0. The van der Waals surface area contributed by atoms with E-state index in [1.165, 1.54) is 0 Å². The summed E-state index contributed by atoms with van der Waals surface area (Å²) in [5.74, 6) is 0.479. The summed E-state index contributed by atoms with van der Waals surface area (Å²) in [6.07, 6.45) is 3.37. The quantitative estimate of drug-likeness (QED) is 0.799. The lowest BCUT2D eigenvalue weighted by Crippen LogP contribution is -2.33. The molecule has 1 unspecified atom stereocenters. The van der Waals surface area contributed by atoms with Crippen LogP contribution in [0.3, 0.4) is 0 Å². The van der Waals surface area contributed by atoms with E-state index in [4.69, 9.17) is 0 Å².